The number of carbonyl (C=O) groups excluding carboxylic acids is 1. The third-order valence-corrected chi connectivity index (χ3v) is 4.65. The van der Waals surface area contributed by atoms with E-state index in [0.717, 1.165) is 24.9 Å². The summed E-state index contributed by atoms with van der Waals surface area (Å²) in [6.45, 7) is 3.08. The van der Waals surface area contributed by atoms with Gasteiger partial charge in [-0.1, -0.05) is 31.9 Å². The first-order valence-electron chi connectivity index (χ1n) is 9.54. The van der Waals surface area contributed by atoms with Crippen molar-refractivity contribution in [3.63, 3.8) is 0 Å². The van der Waals surface area contributed by atoms with Crippen molar-refractivity contribution < 1.29 is 19.2 Å². The quantitative estimate of drug-likeness (QED) is 0.365. The van der Waals surface area contributed by atoms with Crippen molar-refractivity contribution in [3.05, 3.63) is 58.6 Å². The van der Waals surface area contributed by atoms with Crippen molar-refractivity contribution in [3.8, 4) is 11.5 Å². The monoisotopic (exact) mass is 384 g/mol. The summed E-state index contributed by atoms with van der Waals surface area (Å²) >= 11 is 0. The zero-order chi connectivity index (χ0) is 19.9. The van der Waals surface area contributed by atoms with Crippen LogP contribution < -0.4 is 14.4 Å². The summed E-state index contributed by atoms with van der Waals surface area (Å²) in [5, 5.41) is 10.7. The fourth-order valence-corrected chi connectivity index (χ4v) is 3.16. The molecular weight excluding hydrogens is 360 g/mol. The second kappa shape index (κ2) is 9.21. The lowest BCUT2D eigenvalue weighted by Gasteiger charge is -2.34. The smallest absolute Gasteiger partial charge is 0.269 e. The van der Waals surface area contributed by atoms with Crippen LogP contribution in [0.15, 0.2) is 48.5 Å². The van der Waals surface area contributed by atoms with Gasteiger partial charge in [-0.3, -0.25) is 14.9 Å². The van der Waals surface area contributed by atoms with Gasteiger partial charge in [0, 0.05) is 25.1 Å². The van der Waals surface area contributed by atoms with Crippen molar-refractivity contribution in [1.82, 2.24) is 0 Å². The first kappa shape index (κ1) is 19.7. The number of unbranched alkanes of at least 4 members (excludes halogenated alkanes) is 2. The van der Waals surface area contributed by atoms with Crippen LogP contribution in [0.1, 0.15) is 32.6 Å². The van der Waals surface area contributed by atoms with Crippen molar-refractivity contribution in [2.45, 2.75) is 38.7 Å². The molecule has 0 bridgehead atoms. The van der Waals surface area contributed by atoms with Crippen LogP contribution in [-0.2, 0) is 4.79 Å². The molecule has 0 spiro atoms. The third-order valence-electron chi connectivity index (χ3n) is 4.65. The minimum absolute atomic E-state index is 0.0115. The molecule has 0 aliphatic carbocycles. The molecule has 148 valence electrons. The van der Waals surface area contributed by atoms with Gasteiger partial charge in [0.25, 0.3) is 11.6 Å². The summed E-state index contributed by atoms with van der Waals surface area (Å²) in [5.74, 6) is 1.18. The number of rotatable bonds is 9. The van der Waals surface area contributed by atoms with E-state index in [-0.39, 0.29) is 18.2 Å². The van der Waals surface area contributed by atoms with Crippen molar-refractivity contribution in [2.75, 3.05) is 18.1 Å². The first-order valence-corrected chi connectivity index (χ1v) is 9.54. The number of nitrogens with zero attached hydrogens (tertiary/aromatic N) is 2. The molecule has 1 heterocycles. The molecule has 28 heavy (non-hydrogen) atoms. The van der Waals surface area contributed by atoms with E-state index in [4.69, 9.17) is 9.47 Å². The Balaban J connectivity index is 1.62. The zero-order valence-corrected chi connectivity index (χ0v) is 15.9. The molecule has 0 aromatic heterocycles. The number of non-ortho nitro benzene ring substituents is 1. The summed E-state index contributed by atoms with van der Waals surface area (Å²) in [7, 11) is 0. The largest absolute Gasteiger partial charge is 0.493 e. The molecule has 2 aromatic carbocycles. The number of amides is 1. The molecule has 0 N–H and O–H groups in total. The first-order chi connectivity index (χ1) is 13.6. The highest BCUT2D eigenvalue weighted by atomic mass is 16.6. The Kier molecular flexibility index (Phi) is 6.47. The van der Waals surface area contributed by atoms with Crippen LogP contribution in [0.5, 0.6) is 11.5 Å². The molecule has 1 aliphatic rings. The average molecular weight is 384 g/mol. The van der Waals surface area contributed by atoms with Gasteiger partial charge in [0.15, 0.2) is 6.10 Å². The number of fused-ring (bicyclic) bond motifs is 1. The van der Waals surface area contributed by atoms with Gasteiger partial charge in [-0.15, -0.1) is 0 Å². The number of hydrogen-bond acceptors (Lipinski definition) is 5. The van der Waals surface area contributed by atoms with Gasteiger partial charge in [0.2, 0.25) is 0 Å². The summed E-state index contributed by atoms with van der Waals surface area (Å²) in [6, 6.07) is 13.5. The van der Waals surface area contributed by atoms with Crippen molar-refractivity contribution in [1.29, 1.82) is 0 Å². The highest BCUT2D eigenvalue weighted by Crippen LogP contribution is 2.34. The Morgan fingerprint density at radius 1 is 1.14 bits per heavy atom. The molecule has 0 saturated carbocycles. The van der Waals surface area contributed by atoms with Crippen LogP contribution in [0.3, 0.4) is 0 Å². The molecule has 0 radical (unpaired) electrons. The highest BCUT2D eigenvalue weighted by Gasteiger charge is 2.33. The van der Waals surface area contributed by atoms with E-state index in [9.17, 15) is 14.9 Å². The standard InChI is InChI=1S/C21H24N2O5/c1-2-3-6-14-22-18-7-4-5-8-19(18)28-20(21(22)24)13-15-27-17-11-9-16(10-12-17)23(25)26/h4-5,7-12,20H,2-3,6,13-15H2,1H3. The van der Waals surface area contributed by atoms with Gasteiger partial charge in [0.05, 0.1) is 17.2 Å². The second-order valence-electron chi connectivity index (χ2n) is 6.66. The van der Waals surface area contributed by atoms with Gasteiger partial charge >= 0.3 is 0 Å². The summed E-state index contributed by atoms with van der Waals surface area (Å²) in [4.78, 5) is 25.0. The van der Waals surface area contributed by atoms with E-state index in [2.05, 4.69) is 6.92 Å². The van der Waals surface area contributed by atoms with E-state index in [1.165, 1.54) is 12.1 Å². The molecule has 0 fully saturated rings. The predicted octanol–water partition coefficient (Wildman–Crippen LogP) is 4.35. The molecule has 3 rings (SSSR count). The lowest BCUT2D eigenvalue weighted by Crippen LogP contribution is -2.46. The fourth-order valence-electron chi connectivity index (χ4n) is 3.16. The van der Waals surface area contributed by atoms with E-state index < -0.39 is 11.0 Å². The minimum atomic E-state index is -0.602. The molecule has 0 saturated heterocycles. The molecule has 7 heteroatoms. The van der Waals surface area contributed by atoms with Gasteiger partial charge in [-0.05, 0) is 30.7 Å². The maximum absolute atomic E-state index is 12.9. The Morgan fingerprint density at radius 2 is 1.89 bits per heavy atom. The SMILES string of the molecule is CCCCCN1C(=O)C(CCOc2ccc([N+](=O)[O-])cc2)Oc2ccccc21. The van der Waals surface area contributed by atoms with E-state index in [1.807, 2.05) is 29.2 Å². The number of nitro groups is 1. The molecule has 1 amide bonds. The number of carbonyl (C=O) groups is 1. The van der Waals surface area contributed by atoms with Crippen LogP contribution in [0.25, 0.3) is 0 Å². The third kappa shape index (κ3) is 4.60. The molecule has 1 unspecified atom stereocenters. The van der Waals surface area contributed by atoms with Gasteiger partial charge < -0.3 is 14.4 Å². The lowest BCUT2D eigenvalue weighted by atomic mass is 10.1. The molecular formula is C21H24N2O5. The molecule has 1 aliphatic heterocycles. The topological polar surface area (TPSA) is 81.9 Å². The summed E-state index contributed by atoms with van der Waals surface area (Å²) in [6.07, 6.45) is 2.90. The van der Waals surface area contributed by atoms with E-state index >= 15 is 0 Å². The van der Waals surface area contributed by atoms with Crippen LogP contribution in [0.2, 0.25) is 0 Å². The van der Waals surface area contributed by atoms with E-state index in [1.54, 1.807) is 12.1 Å². The minimum Gasteiger partial charge on any atom is -0.493 e. The van der Waals surface area contributed by atoms with Gasteiger partial charge in [-0.25, -0.2) is 0 Å². The number of ether oxygens (including phenoxy) is 2. The molecule has 7 nitrogen and oxygen atoms in total. The fraction of sp³-hybridized carbons (Fsp3) is 0.381. The predicted molar refractivity (Wildman–Crippen MR) is 106 cm³/mol. The normalized spacial score (nSPS) is 15.7. The number of hydrogen-bond donors (Lipinski definition) is 0. The number of anilines is 1. The van der Waals surface area contributed by atoms with Crippen molar-refractivity contribution in [2.24, 2.45) is 0 Å². The lowest BCUT2D eigenvalue weighted by molar-refractivity contribution is -0.384. The van der Waals surface area contributed by atoms with Crippen LogP contribution in [-0.4, -0.2) is 30.1 Å². The van der Waals surface area contributed by atoms with Crippen LogP contribution in [0.4, 0.5) is 11.4 Å². The number of para-hydroxylation sites is 2. The Hall–Kier alpha value is -3.09. The maximum atomic E-state index is 12.9. The molecule has 1 atom stereocenters. The summed E-state index contributed by atoms with van der Waals surface area (Å²) in [5.41, 5.74) is 0.827. The summed E-state index contributed by atoms with van der Waals surface area (Å²) < 4.78 is 11.5. The Morgan fingerprint density at radius 3 is 2.61 bits per heavy atom. The number of nitro benzene ring substituents is 1. The van der Waals surface area contributed by atoms with Crippen LogP contribution >= 0.6 is 0 Å². The second-order valence-corrected chi connectivity index (χ2v) is 6.66. The Labute approximate surface area is 164 Å². The van der Waals surface area contributed by atoms with Crippen molar-refractivity contribution >= 4 is 17.3 Å². The average Bonchev–Trinajstić information content (AvgIpc) is 2.71. The van der Waals surface area contributed by atoms with Gasteiger partial charge in [-0.2, -0.15) is 0 Å². The maximum Gasteiger partial charge on any atom is 0.269 e. The van der Waals surface area contributed by atoms with E-state index in [0.29, 0.717) is 24.5 Å². The van der Waals surface area contributed by atoms with Gasteiger partial charge in [0.1, 0.15) is 11.5 Å². The zero-order valence-electron chi connectivity index (χ0n) is 15.9. The molecule has 2 aromatic rings. The highest BCUT2D eigenvalue weighted by molar-refractivity contribution is 6.00. The van der Waals surface area contributed by atoms with Crippen LogP contribution in [0, 0.1) is 10.1 Å². The number of benzene rings is 2. The Bertz CT molecular complexity index is 822.